The first kappa shape index (κ1) is 11.3. The summed E-state index contributed by atoms with van der Waals surface area (Å²) in [5.74, 6) is -0.0296. The van der Waals surface area contributed by atoms with Crippen LogP contribution >= 0.6 is 0 Å². The van der Waals surface area contributed by atoms with E-state index in [0.717, 1.165) is 5.69 Å². The van der Waals surface area contributed by atoms with Gasteiger partial charge in [-0.3, -0.25) is 4.79 Å². The minimum Gasteiger partial charge on any atom is -0.326 e. The van der Waals surface area contributed by atoms with Gasteiger partial charge < -0.3 is 5.32 Å². The molecule has 0 saturated heterocycles. The second-order valence-corrected chi connectivity index (χ2v) is 4.36. The first-order chi connectivity index (χ1) is 6.93. The van der Waals surface area contributed by atoms with Crippen molar-refractivity contribution < 1.29 is 4.79 Å². The van der Waals surface area contributed by atoms with E-state index in [1.54, 1.807) is 24.3 Å². The maximum Gasteiger partial charge on any atom is 0.229 e. The van der Waals surface area contributed by atoms with Gasteiger partial charge in [-0.2, -0.15) is 0 Å². The Morgan fingerprint density at radius 3 is 2.20 bits per heavy atom. The van der Waals surface area contributed by atoms with Crippen LogP contribution in [0.3, 0.4) is 0 Å². The maximum absolute atomic E-state index is 11.6. The zero-order valence-corrected chi connectivity index (χ0v) is 9.16. The number of hydrogen-bond donors (Lipinski definition) is 1. The van der Waals surface area contributed by atoms with E-state index in [9.17, 15) is 4.79 Å². The number of amides is 1. The Kier molecular flexibility index (Phi) is 3.11. The fourth-order valence-corrected chi connectivity index (χ4v) is 0.938. The van der Waals surface area contributed by atoms with Crippen LogP contribution in [0.2, 0.25) is 0 Å². The van der Waals surface area contributed by atoms with E-state index in [2.05, 4.69) is 10.2 Å². The highest BCUT2D eigenvalue weighted by atomic mass is 16.2. The Morgan fingerprint density at radius 2 is 1.80 bits per heavy atom. The molecule has 1 aromatic rings. The maximum atomic E-state index is 11.6. The summed E-state index contributed by atoms with van der Waals surface area (Å²) in [7, 11) is 0. The first-order valence-electron chi connectivity index (χ1n) is 4.72. The number of nitrogens with one attached hydrogen (secondary N) is 1. The molecule has 1 rings (SSSR count). The summed E-state index contributed by atoms with van der Waals surface area (Å²) < 4.78 is 0. The van der Waals surface area contributed by atoms with Gasteiger partial charge in [-0.15, -0.1) is 0 Å². The van der Waals surface area contributed by atoms with Crippen molar-refractivity contribution in [3.05, 3.63) is 35.7 Å². The standard InChI is InChI=1S/C12H14N2O/c1-12(2,3)11(15)14-10-7-5-9(13-4)6-8-10/h5-8H,1-3H3,(H,14,15). The molecule has 0 spiro atoms. The fourth-order valence-electron chi connectivity index (χ4n) is 0.938. The predicted molar refractivity (Wildman–Crippen MR) is 60.8 cm³/mol. The number of nitrogens with zero attached hydrogens (tertiary/aromatic N) is 1. The summed E-state index contributed by atoms with van der Waals surface area (Å²) in [5.41, 5.74) is 0.893. The number of carbonyl (C=O) groups is 1. The van der Waals surface area contributed by atoms with Gasteiger partial charge in [-0.1, -0.05) is 32.9 Å². The molecule has 0 atom stereocenters. The summed E-state index contributed by atoms with van der Waals surface area (Å²) >= 11 is 0. The third-order valence-electron chi connectivity index (χ3n) is 1.94. The third kappa shape index (κ3) is 3.10. The molecule has 78 valence electrons. The number of benzene rings is 1. The van der Waals surface area contributed by atoms with Crippen molar-refractivity contribution in [3.63, 3.8) is 0 Å². The number of hydrogen-bond acceptors (Lipinski definition) is 1. The van der Waals surface area contributed by atoms with Crippen molar-refractivity contribution in [2.45, 2.75) is 20.8 Å². The number of anilines is 1. The van der Waals surface area contributed by atoms with Crippen molar-refractivity contribution >= 4 is 17.3 Å². The Morgan fingerprint density at radius 1 is 1.27 bits per heavy atom. The monoisotopic (exact) mass is 202 g/mol. The van der Waals surface area contributed by atoms with Gasteiger partial charge in [0.05, 0.1) is 6.57 Å². The smallest absolute Gasteiger partial charge is 0.229 e. The van der Waals surface area contributed by atoms with Gasteiger partial charge in [0.1, 0.15) is 0 Å². The van der Waals surface area contributed by atoms with Gasteiger partial charge in [0.2, 0.25) is 5.91 Å². The molecule has 1 N–H and O–H groups in total. The van der Waals surface area contributed by atoms with Crippen LogP contribution in [0.25, 0.3) is 4.85 Å². The number of carbonyl (C=O) groups excluding carboxylic acids is 1. The van der Waals surface area contributed by atoms with E-state index in [0.29, 0.717) is 5.69 Å². The van der Waals surface area contributed by atoms with E-state index in [-0.39, 0.29) is 5.91 Å². The molecular formula is C12H14N2O. The molecular weight excluding hydrogens is 188 g/mol. The lowest BCUT2D eigenvalue weighted by Gasteiger charge is -2.17. The van der Waals surface area contributed by atoms with Crippen LogP contribution in [0, 0.1) is 12.0 Å². The van der Waals surface area contributed by atoms with Crippen LogP contribution in [-0.2, 0) is 4.79 Å². The highest BCUT2D eigenvalue weighted by molar-refractivity contribution is 5.94. The first-order valence-corrected chi connectivity index (χ1v) is 4.72. The molecule has 0 bridgehead atoms. The Balaban J connectivity index is 2.75. The van der Waals surface area contributed by atoms with E-state index in [1.165, 1.54) is 0 Å². The molecule has 3 heteroatoms. The summed E-state index contributed by atoms with van der Waals surface area (Å²) in [6.45, 7) is 12.4. The van der Waals surface area contributed by atoms with E-state index >= 15 is 0 Å². The van der Waals surface area contributed by atoms with Gasteiger partial charge in [-0.25, -0.2) is 4.85 Å². The molecule has 1 aromatic carbocycles. The largest absolute Gasteiger partial charge is 0.326 e. The topological polar surface area (TPSA) is 33.5 Å². The third-order valence-corrected chi connectivity index (χ3v) is 1.94. The van der Waals surface area contributed by atoms with E-state index in [4.69, 9.17) is 6.57 Å². The predicted octanol–water partition coefficient (Wildman–Crippen LogP) is 3.22. The SMILES string of the molecule is [C-]#[N+]c1ccc(NC(=O)C(C)(C)C)cc1. The average Bonchev–Trinajstić information content (AvgIpc) is 2.17. The zero-order valence-electron chi connectivity index (χ0n) is 9.16. The highest BCUT2D eigenvalue weighted by Crippen LogP contribution is 2.19. The van der Waals surface area contributed by atoms with E-state index in [1.807, 2.05) is 20.8 Å². The molecule has 0 saturated carbocycles. The average molecular weight is 202 g/mol. The normalized spacial score (nSPS) is 10.5. The van der Waals surface area contributed by atoms with Gasteiger partial charge in [-0.05, 0) is 12.1 Å². The van der Waals surface area contributed by atoms with Crippen molar-refractivity contribution in [1.29, 1.82) is 0 Å². The van der Waals surface area contributed by atoms with Crippen LogP contribution in [0.4, 0.5) is 11.4 Å². The Bertz CT molecular complexity index is 393. The molecule has 0 aliphatic rings. The van der Waals surface area contributed by atoms with Crippen molar-refractivity contribution in [2.24, 2.45) is 5.41 Å². The minimum atomic E-state index is -0.404. The summed E-state index contributed by atoms with van der Waals surface area (Å²) in [5, 5.41) is 2.79. The Hall–Kier alpha value is -1.82. The second-order valence-electron chi connectivity index (χ2n) is 4.36. The van der Waals surface area contributed by atoms with Crippen molar-refractivity contribution in [2.75, 3.05) is 5.32 Å². The molecule has 0 aromatic heterocycles. The van der Waals surface area contributed by atoms with Crippen LogP contribution in [0.15, 0.2) is 24.3 Å². The lowest BCUT2D eigenvalue weighted by atomic mass is 9.95. The fraction of sp³-hybridized carbons (Fsp3) is 0.333. The zero-order chi connectivity index (χ0) is 11.5. The van der Waals surface area contributed by atoms with Crippen LogP contribution in [0.5, 0.6) is 0 Å². The van der Waals surface area contributed by atoms with Gasteiger partial charge in [0, 0.05) is 11.1 Å². The minimum absolute atomic E-state index is 0.0296. The van der Waals surface area contributed by atoms with Crippen LogP contribution in [0.1, 0.15) is 20.8 Å². The molecule has 0 fully saturated rings. The summed E-state index contributed by atoms with van der Waals surface area (Å²) in [6, 6.07) is 6.84. The second kappa shape index (κ2) is 4.14. The molecule has 1 amide bonds. The van der Waals surface area contributed by atoms with Crippen LogP contribution < -0.4 is 5.32 Å². The molecule has 0 aliphatic heterocycles. The van der Waals surface area contributed by atoms with Gasteiger partial charge >= 0.3 is 0 Å². The van der Waals surface area contributed by atoms with Crippen molar-refractivity contribution in [3.8, 4) is 0 Å². The lowest BCUT2D eigenvalue weighted by molar-refractivity contribution is -0.123. The van der Waals surface area contributed by atoms with Gasteiger partial charge in [0.15, 0.2) is 5.69 Å². The molecule has 0 heterocycles. The van der Waals surface area contributed by atoms with Gasteiger partial charge in [0.25, 0.3) is 0 Å². The quantitative estimate of drug-likeness (QED) is 0.697. The number of rotatable bonds is 1. The molecule has 0 radical (unpaired) electrons. The lowest BCUT2D eigenvalue weighted by Crippen LogP contribution is -2.27. The molecule has 15 heavy (non-hydrogen) atoms. The summed E-state index contributed by atoms with van der Waals surface area (Å²) in [6.07, 6.45) is 0. The van der Waals surface area contributed by atoms with Crippen molar-refractivity contribution in [1.82, 2.24) is 0 Å². The molecule has 3 nitrogen and oxygen atoms in total. The van der Waals surface area contributed by atoms with Crippen LogP contribution in [-0.4, -0.2) is 5.91 Å². The molecule has 0 aliphatic carbocycles. The van der Waals surface area contributed by atoms with E-state index < -0.39 is 5.41 Å². The Labute approximate surface area is 89.9 Å². The molecule has 0 unspecified atom stereocenters. The highest BCUT2D eigenvalue weighted by Gasteiger charge is 2.20. The summed E-state index contributed by atoms with van der Waals surface area (Å²) in [4.78, 5) is 14.9.